The van der Waals surface area contributed by atoms with Crippen LogP contribution in [-0.2, 0) is 0 Å². The van der Waals surface area contributed by atoms with Crippen molar-refractivity contribution in [3.8, 4) is 0 Å². The third-order valence-electron chi connectivity index (χ3n) is 2.85. The Balaban J connectivity index is 2.08. The summed E-state index contributed by atoms with van der Waals surface area (Å²) in [7, 11) is 0. The third kappa shape index (κ3) is 2.96. The summed E-state index contributed by atoms with van der Waals surface area (Å²) < 4.78 is 1.82. The van der Waals surface area contributed by atoms with Crippen molar-refractivity contribution < 1.29 is 0 Å². The molecule has 0 bridgehead atoms. The number of fused-ring (bicyclic) bond motifs is 1. The van der Waals surface area contributed by atoms with Crippen LogP contribution in [0.3, 0.4) is 0 Å². The van der Waals surface area contributed by atoms with E-state index in [2.05, 4.69) is 36.2 Å². The number of nitrogens with zero attached hydrogens (tertiary/aromatic N) is 3. The van der Waals surface area contributed by atoms with Crippen molar-refractivity contribution in [2.75, 3.05) is 5.32 Å². The summed E-state index contributed by atoms with van der Waals surface area (Å²) in [6, 6.07) is 4.46. The average Bonchev–Trinajstić information content (AvgIpc) is 2.67. The predicted octanol–water partition coefficient (Wildman–Crippen LogP) is 3.03. The van der Waals surface area contributed by atoms with Crippen LogP contribution in [0.4, 0.5) is 5.95 Å². The lowest BCUT2D eigenvalue weighted by Crippen LogP contribution is -2.15. The van der Waals surface area contributed by atoms with Crippen LogP contribution in [0.1, 0.15) is 38.7 Å². The van der Waals surface area contributed by atoms with Gasteiger partial charge in [0, 0.05) is 12.2 Å². The maximum absolute atomic E-state index is 4.44. The Hall–Kier alpha value is -1.58. The number of aromatic nitrogens is 3. The summed E-state index contributed by atoms with van der Waals surface area (Å²) in [6.07, 6.45) is 5.61. The molecule has 1 atom stereocenters. The maximum atomic E-state index is 4.44. The molecular formula is C13H20N4. The van der Waals surface area contributed by atoms with Crippen molar-refractivity contribution in [3.05, 3.63) is 23.9 Å². The molecule has 1 N–H and O–H groups in total. The summed E-state index contributed by atoms with van der Waals surface area (Å²) in [5.74, 6) is 0.721. The van der Waals surface area contributed by atoms with E-state index in [4.69, 9.17) is 0 Å². The van der Waals surface area contributed by atoms with Gasteiger partial charge in [-0.1, -0.05) is 25.8 Å². The highest BCUT2D eigenvalue weighted by Gasteiger charge is 2.06. The van der Waals surface area contributed by atoms with Crippen molar-refractivity contribution >= 4 is 11.6 Å². The summed E-state index contributed by atoms with van der Waals surface area (Å²) in [5.41, 5.74) is 2.08. The van der Waals surface area contributed by atoms with E-state index in [1.54, 1.807) is 0 Å². The van der Waals surface area contributed by atoms with Crippen LogP contribution in [0, 0.1) is 6.92 Å². The van der Waals surface area contributed by atoms with Crippen LogP contribution in [-0.4, -0.2) is 20.6 Å². The zero-order valence-corrected chi connectivity index (χ0v) is 10.8. The summed E-state index contributed by atoms with van der Waals surface area (Å²) in [6.45, 7) is 6.43. The van der Waals surface area contributed by atoms with Crippen molar-refractivity contribution in [2.45, 2.75) is 46.1 Å². The second-order valence-corrected chi connectivity index (χ2v) is 4.63. The van der Waals surface area contributed by atoms with Gasteiger partial charge in [-0.05, 0) is 31.9 Å². The number of pyridine rings is 1. The van der Waals surface area contributed by atoms with Gasteiger partial charge in [-0.15, -0.1) is 5.10 Å². The van der Waals surface area contributed by atoms with E-state index in [0.29, 0.717) is 6.04 Å². The SMILES string of the molecule is CCCCC(C)Nc1nc2ccc(C)cn2n1. The summed E-state index contributed by atoms with van der Waals surface area (Å²) >= 11 is 0. The molecule has 4 heteroatoms. The largest absolute Gasteiger partial charge is 0.350 e. The van der Waals surface area contributed by atoms with Crippen molar-refractivity contribution in [2.24, 2.45) is 0 Å². The minimum atomic E-state index is 0.424. The van der Waals surface area contributed by atoms with E-state index in [0.717, 1.165) is 18.0 Å². The predicted molar refractivity (Wildman–Crippen MR) is 70.3 cm³/mol. The first-order valence-electron chi connectivity index (χ1n) is 6.28. The number of nitrogens with one attached hydrogen (secondary N) is 1. The van der Waals surface area contributed by atoms with E-state index in [1.165, 1.54) is 18.4 Å². The maximum Gasteiger partial charge on any atom is 0.243 e. The Kier molecular flexibility index (Phi) is 3.61. The highest BCUT2D eigenvalue weighted by atomic mass is 15.3. The highest BCUT2D eigenvalue weighted by molar-refractivity contribution is 5.44. The molecule has 2 heterocycles. The molecule has 2 aromatic heterocycles. The first-order valence-corrected chi connectivity index (χ1v) is 6.28. The molecule has 1 unspecified atom stereocenters. The number of hydrogen-bond acceptors (Lipinski definition) is 3. The van der Waals surface area contributed by atoms with E-state index < -0.39 is 0 Å². The smallest absolute Gasteiger partial charge is 0.243 e. The number of unbranched alkanes of at least 4 members (excludes halogenated alkanes) is 1. The van der Waals surface area contributed by atoms with E-state index in [-0.39, 0.29) is 0 Å². The molecule has 17 heavy (non-hydrogen) atoms. The van der Waals surface area contributed by atoms with Gasteiger partial charge >= 0.3 is 0 Å². The van der Waals surface area contributed by atoms with Crippen LogP contribution in [0.5, 0.6) is 0 Å². The number of anilines is 1. The first-order chi connectivity index (χ1) is 8.19. The fraction of sp³-hybridized carbons (Fsp3) is 0.538. The van der Waals surface area contributed by atoms with E-state index in [1.807, 2.05) is 22.8 Å². The van der Waals surface area contributed by atoms with Crippen molar-refractivity contribution in [1.29, 1.82) is 0 Å². The van der Waals surface area contributed by atoms with E-state index in [9.17, 15) is 0 Å². The van der Waals surface area contributed by atoms with Gasteiger partial charge in [0.05, 0.1) is 0 Å². The minimum absolute atomic E-state index is 0.424. The van der Waals surface area contributed by atoms with Gasteiger partial charge in [0.25, 0.3) is 0 Å². The second kappa shape index (κ2) is 5.17. The lowest BCUT2D eigenvalue weighted by molar-refractivity contribution is 0.640. The molecule has 0 amide bonds. The van der Waals surface area contributed by atoms with Gasteiger partial charge in [0.2, 0.25) is 5.95 Å². The first kappa shape index (κ1) is 11.9. The van der Waals surface area contributed by atoms with Crippen LogP contribution >= 0.6 is 0 Å². The molecule has 0 saturated carbocycles. The molecule has 92 valence electrons. The monoisotopic (exact) mass is 232 g/mol. The minimum Gasteiger partial charge on any atom is -0.350 e. The molecule has 0 radical (unpaired) electrons. The molecule has 2 rings (SSSR count). The van der Waals surface area contributed by atoms with Gasteiger partial charge < -0.3 is 5.32 Å². The van der Waals surface area contributed by atoms with Crippen LogP contribution < -0.4 is 5.32 Å². The molecule has 0 aliphatic heterocycles. The second-order valence-electron chi connectivity index (χ2n) is 4.63. The lowest BCUT2D eigenvalue weighted by atomic mass is 10.1. The van der Waals surface area contributed by atoms with Crippen molar-refractivity contribution in [3.63, 3.8) is 0 Å². The lowest BCUT2D eigenvalue weighted by Gasteiger charge is -2.10. The molecule has 4 nitrogen and oxygen atoms in total. The highest BCUT2D eigenvalue weighted by Crippen LogP contribution is 2.10. The van der Waals surface area contributed by atoms with Crippen molar-refractivity contribution in [1.82, 2.24) is 14.6 Å². The van der Waals surface area contributed by atoms with Gasteiger partial charge in [-0.3, -0.25) is 0 Å². The zero-order valence-electron chi connectivity index (χ0n) is 10.8. The quantitative estimate of drug-likeness (QED) is 0.861. The fourth-order valence-electron chi connectivity index (χ4n) is 1.85. The normalized spacial score (nSPS) is 12.9. The van der Waals surface area contributed by atoms with Crippen LogP contribution in [0.2, 0.25) is 0 Å². The van der Waals surface area contributed by atoms with Crippen LogP contribution in [0.25, 0.3) is 5.65 Å². The summed E-state index contributed by atoms with van der Waals surface area (Å²) in [4.78, 5) is 4.44. The molecular weight excluding hydrogens is 212 g/mol. The summed E-state index contributed by atoms with van der Waals surface area (Å²) in [5, 5.41) is 7.76. The zero-order chi connectivity index (χ0) is 12.3. The molecule has 2 aromatic rings. The number of rotatable bonds is 5. The van der Waals surface area contributed by atoms with Gasteiger partial charge in [-0.2, -0.15) is 4.98 Å². The average molecular weight is 232 g/mol. The standard InChI is InChI=1S/C13H20N4/c1-4-5-6-11(3)14-13-15-12-8-7-10(2)9-17(12)16-13/h7-9,11H,4-6H2,1-3H3,(H,14,16). The molecule has 0 saturated heterocycles. The molecule has 0 aliphatic carbocycles. The Bertz CT molecular complexity index is 489. The Labute approximate surface area is 102 Å². The van der Waals surface area contributed by atoms with Gasteiger partial charge in [0.1, 0.15) is 0 Å². The molecule has 0 spiro atoms. The van der Waals surface area contributed by atoms with Gasteiger partial charge in [-0.25, -0.2) is 4.52 Å². The number of aryl methyl sites for hydroxylation is 1. The Morgan fingerprint density at radius 1 is 1.41 bits per heavy atom. The fourth-order valence-corrected chi connectivity index (χ4v) is 1.85. The molecule has 0 fully saturated rings. The topological polar surface area (TPSA) is 42.2 Å². The molecule has 0 aliphatic rings. The van der Waals surface area contributed by atoms with E-state index >= 15 is 0 Å². The number of hydrogen-bond donors (Lipinski definition) is 1. The Morgan fingerprint density at radius 2 is 2.24 bits per heavy atom. The van der Waals surface area contributed by atoms with Gasteiger partial charge in [0.15, 0.2) is 5.65 Å². The third-order valence-corrected chi connectivity index (χ3v) is 2.85. The van der Waals surface area contributed by atoms with Crippen LogP contribution in [0.15, 0.2) is 18.3 Å². The Morgan fingerprint density at radius 3 is 3.00 bits per heavy atom. The molecule has 0 aromatic carbocycles.